The summed E-state index contributed by atoms with van der Waals surface area (Å²) in [6.07, 6.45) is -10.7. The minimum Gasteiger partial charge on any atom is -0.461 e. The van der Waals surface area contributed by atoms with E-state index >= 15 is 0 Å². The third-order valence-electron chi connectivity index (χ3n) is 2.15. The molecule has 0 radical (unpaired) electrons. The smallest absolute Gasteiger partial charge is 0.461 e. The summed E-state index contributed by atoms with van der Waals surface area (Å²) >= 11 is 2.84. The number of rotatable bonds is 4. The summed E-state index contributed by atoms with van der Waals surface area (Å²) in [6, 6.07) is 0.452. The van der Waals surface area contributed by atoms with Crippen LogP contribution in [0.25, 0.3) is 0 Å². The van der Waals surface area contributed by atoms with Gasteiger partial charge >= 0.3 is 18.5 Å². The van der Waals surface area contributed by atoms with Gasteiger partial charge in [0.2, 0.25) is 0 Å². The number of aromatic nitrogens is 1. The van der Waals surface area contributed by atoms with Crippen molar-refractivity contribution in [3.8, 4) is 5.75 Å². The number of alkyl halides is 7. The van der Waals surface area contributed by atoms with Crippen molar-refractivity contribution in [1.82, 2.24) is 4.98 Å². The number of esters is 1. The predicted octanol–water partition coefficient (Wildman–Crippen LogP) is 4.07. The van der Waals surface area contributed by atoms with E-state index in [-0.39, 0.29) is 17.6 Å². The number of halogens is 7. The van der Waals surface area contributed by atoms with E-state index in [2.05, 4.69) is 30.4 Å². The van der Waals surface area contributed by atoms with E-state index in [0.717, 1.165) is 0 Å². The van der Waals surface area contributed by atoms with Crippen molar-refractivity contribution in [2.75, 3.05) is 6.61 Å². The maximum absolute atomic E-state index is 13.0. The number of hydrogen-bond acceptors (Lipinski definition) is 4. The predicted molar refractivity (Wildman–Crippen MR) is 64.5 cm³/mol. The Morgan fingerprint density at radius 2 is 1.86 bits per heavy atom. The van der Waals surface area contributed by atoms with E-state index in [9.17, 15) is 31.1 Å². The lowest BCUT2D eigenvalue weighted by Crippen LogP contribution is -2.24. The fourth-order valence-electron chi connectivity index (χ4n) is 1.47. The number of carbonyl (C=O) groups is 1. The van der Waals surface area contributed by atoms with Crippen molar-refractivity contribution in [3.05, 3.63) is 23.0 Å². The Kier molecular flexibility index (Phi) is 5.65. The highest BCUT2D eigenvalue weighted by Gasteiger charge is 2.44. The summed E-state index contributed by atoms with van der Waals surface area (Å²) in [6.45, 7) is 1.05. The average molecular weight is 396 g/mol. The Labute approximate surface area is 128 Å². The first-order valence-corrected chi connectivity index (χ1v) is 6.71. The van der Waals surface area contributed by atoms with E-state index in [1.54, 1.807) is 0 Å². The molecular weight excluding hydrogens is 388 g/mol. The second kappa shape index (κ2) is 6.71. The first-order chi connectivity index (χ1) is 9.99. The average Bonchev–Trinajstić information content (AvgIpc) is 2.34. The van der Waals surface area contributed by atoms with Gasteiger partial charge in [-0.15, -0.1) is 13.2 Å². The van der Waals surface area contributed by atoms with Crippen molar-refractivity contribution >= 4 is 21.9 Å². The minimum absolute atomic E-state index is 0.189. The summed E-state index contributed by atoms with van der Waals surface area (Å²) in [7, 11) is 0. The fourth-order valence-corrected chi connectivity index (χ4v) is 1.75. The van der Waals surface area contributed by atoms with Gasteiger partial charge in [-0.2, -0.15) is 13.2 Å². The van der Waals surface area contributed by atoms with Crippen LogP contribution < -0.4 is 4.74 Å². The summed E-state index contributed by atoms with van der Waals surface area (Å²) in [5.74, 6) is -3.06. The zero-order valence-corrected chi connectivity index (χ0v) is 12.4. The molecule has 1 heterocycles. The van der Waals surface area contributed by atoms with Crippen LogP contribution in [-0.2, 0) is 16.2 Å². The highest BCUT2D eigenvalue weighted by atomic mass is 79.9. The van der Waals surface area contributed by atoms with Gasteiger partial charge in [0.25, 0.3) is 0 Å². The van der Waals surface area contributed by atoms with Crippen molar-refractivity contribution in [2.24, 2.45) is 0 Å². The zero-order chi connectivity index (χ0) is 17.1. The third-order valence-corrected chi connectivity index (χ3v) is 2.73. The van der Waals surface area contributed by atoms with Crippen LogP contribution in [0.1, 0.15) is 28.7 Å². The summed E-state index contributed by atoms with van der Waals surface area (Å²) in [4.78, 5) is 14.9. The molecule has 0 fully saturated rings. The zero-order valence-electron chi connectivity index (χ0n) is 10.8. The number of hydrogen-bond donors (Lipinski definition) is 0. The molecule has 0 aromatic carbocycles. The van der Waals surface area contributed by atoms with E-state index in [1.165, 1.54) is 6.92 Å². The molecule has 22 heavy (non-hydrogen) atoms. The number of carbonyl (C=O) groups excluding carboxylic acids is 1. The van der Waals surface area contributed by atoms with Gasteiger partial charge in [0.1, 0.15) is 11.3 Å². The maximum atomic E-state index is 13.0. The van der Waals surface area contributed by atoms with Gasteiger partial charge in [0.15, 0.2) is 5.69 Å². The van der Waals surface area contributed by atoms with Crippen LogP contribution in [0.3, 0.4) is 0 Å². The van der Waals surface area contributed by atoms with Gasteiger partial charge in [-0.05, 0) is 6.92 Å². The first-order valence-electron chi connectivity index (χ1n) is 5.59. The van der Waals surface area contributed by atoms with Gasteiger partial charge in [0, 0.05) is 11.4 Å². The summed E-state index contributed by atoms with van der Waals surface area (Å²) in [5.41, 5.74) is -3.48. The van der Waals surface area contributed by atoms with E-state index in [4.69, 9.17) is 0 Å². The molecule has 1 rings (SSSR count). The molecule has 0 bridgehead atoms. The van der Waals surface area contributed by atoms with E-state index < -0.39 is 35.5 Å². The lowest BCUT2D eigenvalue weighted by molar-refractivity contribution is -0.276. The molecule has 0 atom stereocenters. The Hall–Kier alpha value is -1.52. The first kappa shape index (κ1) is 18.5. The molecule has 0 N–H and O–H groups in total. The maximum Gasteiger partial charge on any atom is 0.573 e. The second-order valence-electron chi connectivity index (χ2n) is 3.73. The fraction of sp³-hybridized carbons (Fsp3) is 0.455. The second-order valence-corrected chi connectivity index (χ2v) is 4.30. The molecule has 0 amide bonds. The largest absolute Gasteiger partial charge is 0.573 e. The Bertz CT molecular complexity index is 558. The minimum atomic E-state index is -5.36. The van der Waals surface area contributed by atoms with Crippen LogP contribution in [0.15, 0.2) is 6.07 Å². The van der Waals surface area contributed by atoms with Crippen LogP contribution in [0, 0.1) is 0 Å². The molecule has 0 spiro atoms. The van der Waals surface area contributed by atoms with Crippen LogP contribution in [0.4, 0.5) is 26.3 Å². The Morgan fingerprint density at radius 1 is 1.27 bits per heavy atom. The van der Waals surface area contributed by atoms with Crippen molar-refractivity contribution in [2.45, 2.75) is 24.8 Å². The lowest BCUT2D eigenvalue weighted by atomic mass is 10.1. The van der Waals surface area contributed by atoms with E-state index in [1.807, 2.05) is 0 Å². The van der Waals surface area contributed by atoms with Gasteiger partial charge < -0.3 is 9.47 Å². The van der Waals surface area contributed by atoms with Gasteiger partial charge in [-0.25, -0.2) is 9.78 Å². The molecule has 0 saturated carbocycles. The molecule has 11 heteroatoms. The van der Waals surface area contributed by atoms with Crippen LogP contribution in [0.2, 0.25) is 0 Å². The quantitative estimate of drug-likeness (QED) is 0.438. The molecule has 0 aliphatic rings. The van der Waals surface area contributed by atoms with Crippen LogP contribution in [0.5, 0.6) is 5.75 Å². The van der Waals surface area contributed by atoms with Gasteiger partial charge in [0.05, 0.1) is 12.3 Å². The third kappa shape index (κ3) is 4.75. The number of nitrogens with zero attached hydrogens (tertiary/aromatic N) is 1. The molecule has 0 aliphatic carbocycles. The highest BCUT2D eigenvalue weighted by Crippen LogP contribution is 2.41. The van der Waals surface area contributed by atoms with Crippen molar-refractivity contribution in [3.63, 3.8) is 0 Å². The Balaban J connectivity index is 3.59. The highest BCUT2D eigenvalue weighted by molar-refractivity contribution is 9.08. The molecular formula is C11H8BrF6NO3. The van der Waals surface area contributed by atoms with Crippen LogP contribution in [-0.4, -0.2) is 23.9 Å². The normalized spacial score (nSPS) is 12.2. The van der Waals surface area contributed by atoms with Crippen molar-refractivity contribution < 1.29 is 40.6 Å². The Morgan fingerprint density at radius 3 is 2.27 bits per heavy atom. The number of pyridine rings is 1. The van der Waals surface area contributed by atoms with Gasteiger partial charge in [-0.1, -0.05) is 15.9 Å². The molecule has 0 saturated heterocycles. The molecule has 1 aromatic rings. The van der Waals surface area contributed by atoms with Crippen LogP contribution >= 0.6 is 15.9 Å². The summed E-state index contributed by atoms with van der Waals surface area (Å²) in [5, 5.41) is -0.189. The molecule has 124 valence electrons. The van der Waals surface area contributed by atoms with Gasteiger partial charge in [-0.3, -0.25) is 0 Å². The van der Waals surface area contributed by atoms with Crippen molar-refractivity contribution in [1.29, 1.82) is 0 Å². The molecule has 1 aromatic heterocycles. The SMILES string of the molecule is CCOC(=O)c1nc(CBr)cc(OC(F)(F)F)c1C(F)(F)F. The number of ether oxygens (including phenoxy) is 2. The standard InChI is InChI=1S/C11H8BrF6NO3/c1-2-21-9(20)8-7(10(13,14)15)6(22-11(16,17)18)3-5(4-12)19-8/h3H,2,4H2,1H3. The summed E-state index contributed by atoms with van der Waals surface area (Å²) < 4.78 is 83.7. The molecule has 4 nitrogen and oxygen atoms in total. The molecule has 0 aliphatic heterocycles. The monoisotopic (exact) mass is 395 g/mol. The molecule has 0 unspecified atom stereocenters. The lowest BCUT2D eigenvalue weighted by Gasteiger charge is -2.18. The topological polar surface area (TPSA) is 48.4 Å². The van der Waals surface area contributed by atoms with E-state index in [0.29, 0.717) is 6.07 Å².